The standard InChI is InChI=1S/C15H22N2O3/c1-19-15(18)14-11(5-8-20-14)10-16-12-4-7-17-6-2-3-13(17)9-12/h5,8,12-13,16H,2-4,6-7,9-10H2,1H3. The van der Waals surface area contributed by atoms with Crippen LogP contribution in [-0.4, -0.2) is 43.2 Å². The predicted molar refractivity (Wildman–Crippen MR) is 74.5 cm³/mol. The highest BCUT2D eigenvalue weighted by Gasteiger charge is 2.31. The van der Waals surface area contributed by atoms with Crippen molar-refractivity contribution in [3.05, 3.63) is 23.7 Å². The molecule has 2 saturated heterocycles. The Balaban J connectivity index is 1.55. The van der Waals surface area contributed by atoms with Crippen LogP contribution in [-0.2, 0) is 11.3 Å². The molecule has 110 valence electrons. The number of nitrogens with zero attached hydrogens (tertiary/aromatic N) is 1. The third kappa shape index (κ3) is 2.74. The fraction of sp³-hybridized carbons (Fsp3) is 0.667. The van der Waals surface area contributed by atoms with Crippen molar-refractivity contribution >= 4 is 5.97 Å². The molecule has 0 amide bonds. The minimum absolute atomic E-state index is 0.318. The van der Waals surface area contributed by atoms with Crippen LogP contribution < -0.4 is 5.32 Å². The van der Waals surface area contributed by atoms with Gasteiger partial charge in [0.25, 0.3) is 0 Å². The van der Waals surface area contributed by atoms with Gasteiger partial charge in [-0.2, -0.15) is 0 Å². The van der Waals surface area contributed by atoms with Crippen LogP contribution in [0.2, 0.25) is 0 Å². The Morgan fingerprint density at radius 3 is 3.25 bits per heavy atom. The van der Waals surface area contributed by atoms with Crippen molar-refractivity contribution in [1.82, 2.24) is 10.2 Å². The quantitative estimate of drug-likeness (QED) is 0.851. The molecule has 0 bridgehead atoms. The van der Waals surface area contributed by atoms with Crippen LogP contribution in [0, 0.1) is 0 Å². The van der Waals surface area contributed by atoms with Gasteiger partial charge >= 0.3 is 5.97 Å². The first-order chi connectivity index (χ1) is 9.78. The Bertz CT molecular complexity index is 471. The summed E-state index contributed by atoms with van der Waals surface area (Å²) in [6.45, 7) is 3.13. The van der Waals surface area contributed by atoms with Crippen LogP contribution in [0.4, 0.5) is 0 Å². The maximum absolute atomic E-state index is 11.5. The van der Waals surface area contributed by atoms with Gasteiger partial charge in [0.2, 0.25) is 5.76 Å². The van der Waals surface area contributed by atoms with Crippen molar-refractivity contribution in [3.63, 3.8) is 0 Å². The van der Waals surface area contributed by atoms with Crippen molar-refractivity contribution < 1.29 is 13.9 Å². The highest BCUT2D eigenvalue weighted by atomic mass is 16.5. The largest absolute Gasteiger partial charge is 0.463 e. The van der Waals surface area contributed by atoms with E-state index in [1.54, 1.807) is 6.26 Å². The number of carbonyl (C=O) groups is 1. The number of furan rings is 1. The molecule has 0 spiro atoms. The number of ether oxygens (including phenoxy) is 1. The Labute approximate surface area is 119 Å². The highest BCUT2D eigenvalue weighted by molar-refractivity contribution is 5.87. The zero-order valence-electron chi connectivity index (χ0n) is 11.9. The highest BCUT2D eigenvalue weighted by Crippen LogP contribution is 2.27. The molecule has 2 unspecified atom stereocenters. The van der Waals surface area contributed by atoms with Crippen LogP contribution in [0.5, 0.6) is 0 Å². The van der Waals surface area contributed by atoms with Crippen molar-refractivity contribution in [3.8, 4) is 0 Å². The lowest BCUT2D eigenvalue weighted by Crippen LogP contribution is -2.45. The minimum atomic E-state index is -0.405. The summed E-state index contributed by atoms with van der Waals surface area (Å²) < 4.78 is 9.92. The van der Waals surface area contributed by atoms with Crippen molar-refractivity contribution in [2.45, 2.75) is 44.3 Å². The first-order valence-corrected chi connectivity index (χ1v) is 7.40. The third-order valence-corrected chi connectivity index (χ3v) is 4.52. The number of rotatable bonds is 4. The molecular formula is C15H22N2O3. The second-order valence-corrected chi connectivity index (χ2v) is 5.70. The van der Waals surface area contributed by atoms with Crippen molar-refractivity contribution in [2.24, 2.45) is 0 Å². The Kier molecular flexibility index (Phi) is 4.08. The van der Waals surface area contributed by atoms with E-state index >= 15 is 0 Å². The molecule has 1 aromatic rings. The summed E-state index contributed by atoms with van der Waals surface area (Å²) in [4.78, 5) is 14.2. The van der Waals surface area contributed by atoms with Crippen LogP contribution >= 0.6 is 0 Å². The van der Waals surface area contributed by atoms with Gasteiger partial charge in [0, 0.05) is 24.2 Å². The molecule has 2 aliphatic heterocycles. The number of hydrogen-bond acceptors (Lipinski definition) is 5. The second kappa shape index (κ2) is 5.97. The molecule has 1 N–H and O–H groups in total. The maximum Gasteiger partial charge on any atom is 0.374 e. The summed E-state index contributed by atoms with van der Waals surface area (Å²) in [6.07, 6.45) is 6.61. The monoisotopic (exact) mass is 278 g/mol. The summed E-state index contributed by atoms with van der Waals surface area (Å²) in [7, 11) is 1.37. The van der Waals surface area contributed by atoms with Crippen molar-refractivity contribution in [1.29, 1.82) is 0 Å². The molecule has 2 atom stereocenters. The average Bonchev–Trinajstić information content (AvgIpc) is 3.12. The summed E-state index contributed by atoms with van der Waals surface area (Å²) >= 11 is 0. The van der Waals surface area contributed by atoms with Gasteiger partial charge in [-0.3, -0.25) is 0 Å². The second-order valence-electron chi connectivity index (χ2n) is 5.70. The number of hydrogen-bond donors (Lipinski definition) is 1. The normalized spacial score (nSPS) is 26.4. The smallest absolute Gasteiger partial charge is 0.374 e. The molecule has 3 rings (SSSR count). The van der Waals surface area contributed by atoms with Gasteiger partial charge in [-0.1, -0.05) is 0 Å². The van der Waals surface area contributed by atoms with Crippen molar-refractivity contribution in [2.75, 3.05) is 20.2 Å². The molecule has 3 heterocycles. The van der Waals surface area contributed by atoms with E-state index in [0.717, 1.165) is 11.6 Å². The van der Waals surface area contributed by atoms with Crippen LogP contribution in [0.15, 0.2) is 16.7 Å². The fourth-order valence-electron chi connectivity index (χ4n) is 3.41. The van der Waals surface area contributed by atoms with Gasteiger partial charge in [-0.25, -0.2) is 4.79 Å². The zero-order chi connectivity index (χ0) is 13.9. The molecule has 0 aliphatic carbocycles. The summed E-state index contributed by atoms with van der Waals surface area (Å²) in [5.41, 5.74) is 0.880. The Morgan fingerprint density at radius 2 is 2.40 bits per heavy atom. The number of carbonyl (C=O) groups excluding carboxylic acids is 1. The lowest BCUT2D eigenvalue weighted by molar-refractivity contribution is 0.0563. The first-order valence-electron chi connectivity index (χ1n) is 7.40. The molecule has 5 heteroatoms. The fourth-order valence-corrected chi connectivity index (χ4v) is 3.41. The van der Waals surface area contributed by atoms with Crippen LogP contribution in [0.1, 0.15) is 41.8 Å². The lowest BCUT2D eigenvalue weighted by atomic mass is 9.97. The number of methoxy groups -OCH3 is 1. The number of esters is 1. The van der Waals surface area contributed by atoms with E-state index in [1.807, 2.05) is 6.07 Å². The lowest BCUT2D eigenvalue weighted by Gasteiger charge is -2.35. The van der Waals surface area contributed by atoms with E-state index in [2.05, 4.69) is 10.2 Å². The third-order valence-electron chi connectivity index (χ3n) is 4.52. The first kappa shape index (κ1) is 13.6. The molecular weight excluding hydrogens is 256 g/mol. The van der Waals surface area contributed by atoms with Crippen LogP contribution in [0.3, 0.4) is 0 Å². The van der Waals surface area contributed by atoms with Gasteiger partial charge in [-0.15, -0.1) is 0 Å². The van der Waals surface area contributed by atoms with Gasteiger partial charge in [0.1, 0.15) is 0 Å². The molecule has 2 aliphatic rings. The van der Waals surface area contributed by atoms with Gasteiger partial charge in [0.05, 0.1) is 13.4 Å². The molecule has 5 nitrogen and oxygen atoms in total. The summed E-state index contributed by atoms with van der Waals surface area (Å²) in [6, 6.07) is 3.13. The van der Waals surface area contributed by atoms with E-state index < -0.39 is 5.97 Å². The van der Waals surface area contributed by atoms with Gasteiger partial charge in [0.15, 0.2) is 0 Å². The van der Waals surface area contributed by atoms with Crippen LogP contribution in [0.25, 0.3) is 0 Å². The number of fused-ring (bicyclic) bond motifs is 1. The van der Waals surface area contributed by atoms with E-state index in [1.165, 1.54) is 45.9 Å². The maximum atomic E-state index is 11.5. The topological polar surface area (TPSA) is 54.7 Å². The number of piperidine rings is 1. The molecule has 0 aromatic carbocycles. The minimum Gasteiger partial charge on any atom is -0.463 e. The molecule has 2 fully saturated rings. The molecule has 0 radical (unpaired) electrons. The molecule has 20 heavy (non-hydrogen) atoms. The van der Waals surface area contributed by atoms with Gasteiger partial charge < -0.3 is 19.4 Å². The molecule has 1 aromatic heterocycles. The average molecular weight is 278 g/mol. The Morgan fingerprint density at radius 1 is 1.50 bits per heavy atom. The van der Waals surface area contributed by atoms with E-state index in [4.69, 9.17) is 9.15 Å². The zero-order valence-corrected chi connectivity index (χ0v) is 11.9. The Hall–Kier alpha value is -1.33. The van der Waals surface area contributed by atoms with E-state index in [-0.39, 0.29) is 0 Å². The van der Waals surface area contributed by atoms with E-state index in [0.29, 0.717) is 18.3 Å². The van der Waals surface area contributed by atoms with E-state index in [9.17, 15) is 4.79 Å². The number of nitrogens with one attached hydrogen (secondary N) is 1. The predicted octanol–water partition coefficient (Wildman–Crippen LogP) is 1.78. The summed E-state index contributed by atoms with van der Waals surface area (Å²) in [5.74, 6) is -0.0873. The molecule has 0 saturated carbocycles. The van der Waals surface area contributed by atoms with Gasteiger partial charge in [-0.05, 0) is 44.8 Å². The SMILES string of the molecule is COC(=O)c1occc1CNC1CCN2CCCC2C1. The summed E-state index contributed by atoms with van der Waals surface area (Å²) in [5, 5.41) is 3.56.